The maximum absolute atomic E-state index is 5.59. The highest BCUT2D eigenvalue weighted by atomic mass is 31.0. The van der Waals surface area contributed by atoms with Crippen LogP contribution >= 0.6 is 9.24 Å². The quantitative estimate of drug-likeness (QED) is 0.396. The predicted octanol–water partition coefficient (Wildman–Crippen LogP) is 0.345. The van der Waals surface area contributed by atoms with Gasteiger partial charge in [-0.25, -0.2) is 0 Å². The zero-order valence-electron chi connectivity index (χ0n) is 8.75. The van der Waals surface area contributed by atoms with Gasteiger partial charge in [0.15, 0.2) is 0 Å². The monoisotopic (exact) mass is 210 g/mol. The molecular weight excluding hydrogens is 194 g/mol. The van der Waals surface area contributed by atoms with Crippen LogP contribution in [-0.4, -0.2) is 28.2 Å². The van der Waals surface area contributed by atoms with Crippen LogP contribution in [0.15, 0.2) is 18.2 Å². The van der Waals surface area contributed by atoms with E-state index in [4.69, 9.17) is 9.47 Å². The Balaban J connectivity index is 2.64. The molecule has 1 atom stereocenters. The third-order valence-corrected chi connectivity index (χ3v) is 2.50. The summed E-state index contributed by atoms with van der Waals surface area (Å²) in [6.45, 7) is 1.24. The van der Waals surface area contributed by atoms with E-state index in [1.165, 1.54) is 11.0 Å². The highest BCUT2D eigenvalue weighted by Gasteiger charge is 2.00. The summed E-state index contributed by atoms with van der Waals surface area (Å²) in [5.74, 6) is 0.960. The lowest BCUT2D eigenvalue weighted by Gasteiger charge is -2.10. The van der Waals surface area contributed by atoms with Crippen LogP contribution in [0.3, 0.4) is 0 Å². The first-order valence-corrected chi connectivity index (χ1v) is 5.51. The largest absolute Gasteiger partial charge is 0.492 e. The third-order valence-electron chi connectivity index (χ3n) is 2.03. The molecule has 4 heteroatoms. The minimum absolute atomic E-state index is 0.609. The molecule has 0 fully saturated rings. The van der Waals surface area contributed by atoms with E-state index in [1.807, 2.05) is 0 Å². The first kappa shape index (κ1) is 11.5. The lowest BCUT2D eigenvalue weighted by Crippen LogP contribution is -2.13. The van der Waals surface area contributed by atoms with Crippen molar-refractivity contribution in [3.63, 3.8) is 0 Å². The molecule has 2 nitrogen and oxygen atoms in total. The Morgan fingerprint density at radius 1 is 1.36 bits per heavy atom. The standard InChI is InChI=1S/C10H16BO2P/c1-12-4-5-13-10-6-8(7-14)2-3-9(10)11/h2-3,6H,4-5,7,11,14H2,1H3. The van der Waals surface area contributed by atoms with Gasteiger partial charge < -0.3 is 9.47 Å². The number of hydrogen-bond acceptors (Lipinski definition) is 2. The SMILES string of the molecule is Bc1ccc(CP)cc1OCCOC. The van der Waals surface area contributed by atoms with Crippen molar-refractivity contribution in [3.8, 4) is 5.75 Å². The normalized spacial score (nSPS) is 10.1. The number of benzene rings is 1. The van der Waals surface area contributed by atoms with E-state index in [-0.39, 0.29) is 0 Å². The lowest BCUT2D eigenvalue weighted by molar-refractivity contribution is 0.147. The molecule has 0 heterocycles. The Kier molecular flexibility index (Phi) is 4.99. The Morgan fingerprint density at radius 3 is 2.79 bits per heavy atom. The fourth-order valence-corrected chi connectivity index (χ4v) is 1.42. The first-order chi connectivity index (χ1) is 6.77. The Hall–Kier alpha value is -0.525. The molecule has 1 rings (SSSR count). The molecule has 1 aromatic rings. The van der Waals surface area contributed by atoms with E-state index >= 15 is 0 Å². The van der Waals surface area contributed by atoms with Crippen LogP contribution in [0.4, 0.5) is 0 Å². The molecule has 1 aromatic carbocycles. The van der Waals surface area contributed by atoms with Gasteiger partial charge >= 0.3 is 0 Å². The molecule has 0 amide bonds. The Labute approximate surface area is 88.6 Å². The van der Waals surface area contributed by atoms with Crippen molar-refractivity contribution in [3.05, 3.63) is 23.8 Å². The van der Waals surface area contributed by atoms with Crippen molar-refractivity contribution in [1.82, 2.24) is 0 Å². The van der Waals surface area contributed by atoms with Crippen LogP contribution in [0.1, 0.15) is 5.56 Å². The molecule has 0 spiro atoms. The van der Waals surface area contributed by atoms with Crippen molar-refractivity contribution in [2.24, 2.45) is 0 Å². The second-order valence-corrected chi connectivity index (χ2v) is 3.55. The average molecular weight is 210 g/mol. The molecule has 0 aliphatic rings. The van der Waals surface area contributed by atoms with Gasteiger partial charge in [-0.3, -0.25) is 0 Å². The van der Waals surface area contributed by atoms with Crippen LogP contribution in [0.2, 0.25) is 0 Å². The van der Waals surface area contributed by atoms with Gasteiger partial charge in [0.25, 0.3) is 0 Å². The van der Waals surface area contributed by atoms with Gasteiger partial charge in [-0.05, 0) is 23.3 Å². The summed E-state index contributed by atoms with van der Waals surface area (Å²) in [4.78, 5) is 0. The molecule has 0 aromatic heterocycles. The maximum Gasteiger partial charge on any atom is 0.144 e. The van der Waals surface area contributed by atoms with Crippen molar-refractivity contribution in [2.75, 3.05) is 20.3 Å². The predicted molar refractivity (Wildman–Crippen MR) is 65.4 cm³/mol. The van der Waals surface area contributed by atoms with Crippen LogP contribution in [-0.2, 0) is 10.9 Å². The Morgan fingerprint density at radius 2 is 2.14 bits per heavy atom. The molecule has 76 valence electrons. The molecule has 0 N–H and O–H groups in total. The number of rotatable bonds is 5. The van der Waals surface area contributed by atoms with Crippen molar-refractivity contribution >= 4 is 22.5 Å². The second kappa shape index (κ2) is 6.05. The van der Waals surface area contributed by atoms with E-state index in [2.05, 4.69) is 35.3 Å². The topological polar surface area (TPSA) is 18.5 Å². The summed E-state index contributed by atoms with van der Waals surface area (Å²) in [6, 6.07) is 6.28. The van der Waals surface area contributed by atoms with Crippen LogP contribution in [0.5, 0.6) is 5.75 Å². The summed E-state index contributed by atoms with van der Waals surface area (Å²) in [5.41, 5.74) is 2.44. The summed E-state index contributed by atoms with van der Waals surface area (Å²) in [6.07, 6.45) is 0.959. The minimum Gasteiger partial charge on any atom is -0.492 e. The van der Waals surface area contributed by atoms with Gasteiger partial charge in [-0.15, -0.1) is 9.24 Å². The van der Waals surface area contributed by atoms with Gasteiger partial charge in [-0.2, -0.15) is 0 Å². The first-order valence-electron chi connectivity index (χ1n) is 4.69. The highest BCUT2D eigenvalue weighted by Crippen LogP contribution is 2.12. The molecule has 0 aliphatic heterocycles. The molecule has 0 aliphatic carbocycles. The second-order valence-electron chi connectivity index (χ2n) is 3.15. The fraction of sp³-hybridized carbons (Fsp3) is 0.400. The highest BCUT2D eigenvalue weighted by molar-refractivity contribution is 7.15. The summed E-state index contributed by atoms with van der Waals surface area (Å²) in [7, 11) is 6.44. The molecule has 0 radical (unpaired) electrons. The van der Waals surface area contributed by atoms with Gasteiger partial charge in [0.1, 0.15) is 20.2 Å². The zero-order valence-corrected chi connectivity index (χ0v) is 9.90. The molecule has 0 saturated heterocycles. The van der Waals surface area contributed by atoms with E-state index in [0.29, 0.717) is 13.2 Å². The maximum atomic E-state index is 5.59. The van der Waals surface area contributed by atoms with Gasteiger partial charge in [0.05, 0.1) is 6.61 Å². The molecule has 1 unspecified atom stereocenters. The number of hydrogen-bond donors (Lipinski definition) is 0. The van der Waals surface area contributed by atoms with Gasteiger partial charge in [0, 0.05) is 7.11 Å². The smallest absolute Gasteiger partial charge is 0.144 e. The number of ether oxygens (including phenoxy) is 2. The van der Waals surface area contributed by atoms with E-state index < -0.39 is 0 Å². The summed E-state index contributed by atoms with van der Waals surface area (Å²) >= 11 is 0. The van der Waals surface area contributed by atoms with Gasteiger partial charge in [0.2, 0.25) is 0 Å². The third kappa shape index (κ3) is 3.32. The van der Waals surface area contributed by atoms with Crippen molar-refractivity contribution in [2.45, 2.75) is 6.16 Å². The summed E-state index contributed by atoms with van der Waals surface area (Å²) < 4.78 is 10.5. The van der Waals surface area contributed by atoms with E-state index in [1.54, 1.807) is 7.11 Å². The van der Waals surface area contributed by atoms with E-state index in [9.17, 15) is 0 Å². The molecule has 0 bridgehead atoms. The van der Waals surface area contributed by atoms with Crippen molar-refractivity contribution in [1.29, 1.82) is 0 Å². The summed E-state index contributed by atoms with van der Waals surface area (Å²) in [5, 5.41) is 0. The Bertz CT molecular complexity index is 291. The minimum atomic E-state index is 0.609. The van der Waals surface area contributed by atoms with E-state index in [0.717, 1.165) is 11.9 Å². The van der Waals surface area contributed by atoms with Crippen LogP contribution in [0, 0.1) is 0 Å². The fourth-order valence-electron chi connectivity index (χ4n) is 1.16. The zero-order chi connectivity index (χ0) is 10.4. The average Bonchev–Trinajstić information content (AvgIpc) is 2.21. The van der Waals surface area contributed by atoms with Crippen LogP contribution in [0.25, 0.3) is 0 Å². The van der Waals surface area contributed by atoms with Crippen LogP contribution < -0.4 is 10.2 Å². The van der Waals surface area contributed by atoms with Crippen molar-refractivity contribution < 1.29 is 9.47 Å². The lowest BCUT2D eigenvalue weighted by atomic mass is 9.94. The number of methoxy groups -OCH3 is 1. The molecule has 14 heavy (non-hydrogen) atoms. The molecule has 0 saturated carbocycles. The molecular formula is C10H16BO2P. The van der Waals surface area contributed by atoms with Gasteiger partial charge in [-0.1, -0.05) is 12.1 Å².